The second kappa shape index (κ2) is 9.36. The molecule has 3 heteroatoms. The van der Waals surface area contributed by atoms with Crippen molar-refractivity contribution >= 4 is 23.8 Å². The van der Waals surface area contributed by atoms with Gasteiger partial charge in [0.2, 0.25) is 0 Å². The van der Waals surface area contributed by atoms with Crippen molar-refractivity contribution in [3.8, 4) is 0 Å². The summed E-state index contributed by atoms with van der Waals surface area (Å²) < 4.78 is 0. The molecule has 0 radical (unpaired) electrons. The van der Waals surface area contributed by atoms with Gasteiger partial charge < -0.3 is 7.43 Å². The normalized spacial score (nSPS) is 10.3. The first-order chi connectivity index (χ1) is 8.74. The molecule has 108 valence electrons. The van der Waals surface area contributed by atoms with Gasteiger partial charge in [-0.15, -0.1) is 0 Å². The van der Waals surface area contributed by atoms with Crippen LogP contribution >= 0.6 is 0 Å². The molecule has 0 atom stereocenters. The van der Waals surface area contributed by atoms with E-state index in [1.165, 1.54) is 11.1 Å². The van der Waals surface area contributed by atoms with Gasteiger partial charge in [-0.3, -0.25) is 9.98 Å². The number of hydrogen-bond donors (Lipinski definition) is 0. The van der Waals surface area contributed by atoms with Crippen LogP contribution in [0.5, 0.6) is 0 Å². The van der Waals surface area contributed by atoms with E-state index in [0.29, 0.717) is 0 Å². The molecule has 0 spiro atoms. The Balaban J connectivity index is 0.00000180. The van der Waals surface area contributed by atoms with E-state index in [1.54, 1.807) is 12.4 Å². The molecular formula is C17H19N2Pd-. The number of rotatable bonds is 3. The molecule has 0 bridgehead atoms. The van der Waals surface area contributed by atoms with E-state index in [9.17, 15) is 0 Å². The Morgan fingerprint density at radius 1 is 0.650 bits per heavy atom. The van der Waals surface area contributed by atoms with E-state index in [4.69, 9.17) is 0 Å². The average Bonchev–Trinajstić information content (AvgIpc) is 2.39. The third-order valence-corrected chi connectivity index (χ3v) is 2.58. The van der Waals surface area contributed by atoms with E-state index in [2.05, 4.69) is 23.8 Å². The molecule has 2 aromatic rings. The van der Waals surface area contributed by atoms with Crippen LogP contribution in [0.4, 0.5) is 11.4 Å². The third kappa shape index (κ3) is 6.06. The minimum Gasteiger partial charge on any atom is -0.358 e. The largest absolute Gasteiger partial charge is 0.358 e. The van der Waals surface area contributed by atoms with Crippen molar-refractivity contribution in [2.24, 2.45) is 9.98 Å². The second-order valence-electron chi connectivity index (χ2n) is 4.23. The van der Waals surface area contributed by atoms with Crippen molar-refractivity contribution in [2.45, 2.75) is 13.8 Å². The predicted molar refractivity (Wildman–Crippen MR) is 85.1 cm³/mol. The van der Waals surface area contributed by atoms with Crippen molar-refractivity contribution in [3.05, 3.63) is 67.1 Å². The number of aryl methyl sites for hydroxylation is 2. The number of aliphatic imine (C=N–C) groups is 2. The van der Waals surface area contributed by atoms with Crippen LogP contribution in [0.2, 0.25) is 0 Å². The van der Waals surface area contributed by atoms with Gasteiger partial charge in [0, 0.05) is 32.9 Å². The molecule has 0 saturated heterocycles. The van der Waals surface area contributed by atoms with Crippen molar-refractivity contribution in [1.29, 1.82) is 0 Å². The molecule has 0 unspecified atom stereocenters. The number of nitrogens with zero attached hydrogens (tertiary/aromatic N) is 2. The Hall–Kier alpha value is -1.56. The van der Waals surface area contributed by atoms with E-state index in [1.807, 2.05) is 48.5 Å². The molecule has 0 amide bonds. The minimum atomic E-state index is 0. The summed E-state index contributed by atoms with van der Waals surface area (Å²) in [5.41, 5.74) is 4.36. The first-order valence-corrected chi connectivity index (χ1v) is 5.94. The molecule has 0 heterocycles. The van der Waals surface area contributed by atoms with Crippen molar-refractivity contribution in [3.63, 3.8) is 0 Å². The summed E-state index contributed by atoms with van der Waals surface area (Å²) in [5, 5.41) is 0. The fourth-order valence-corrected chi connectivity index (χ4v) is 1.50. The SMILES string of the molecule is Cc1ccc(N=CC=Nc2ccc(C)cc2)cc1.[CH3-].[Pd]. The molecule has 0 aliphatic heterocycles. The van der Waals surface area contributed by atoms with E-state index in [-0.39, 0.29) is 27.8 Å². The van der Waals surface area contributed by atoms with Crippen LogP contribution in [0.1, 0.15) is 11.1 Å². The van der Waals surface area contributed by atoms with Gasteiger partial charge in [-0.25, -0.2) is 0 Å². The van der Waals surface area contributed by atoms with E-state index < -0.39 is 0 Å². The molecule has 20 heavy (non-hydrogen) atoms. The standard InChI is InChI=1S/C16H16N2.CH3.Pd/c1-13-3-7-15(8-4-13)17-11-12-18-16-9-5-14(2)6-10-16;;/h3-12H,1-2H3;1H3;/q;-1;. The smallest absolute Gasteiger partial charge is 0.0630 e. The van der Waals surface area contributed by atoms with Gasteiger partial charge in [0.1, 0.15) is 0 Å². The van der Waals surface area contributed by atoms with E-state index >= 15 is 0 Å². The second-order valence-corrected chi connectivity index (χ2v) is 4.23. The maximum absolute atomic E-state index is 4.31. The summed E-state index contributed by atoms with van der Waals surface area (Å²) in [6.07, 6.45) is 3.43. The maximum atomic E-state index is 4.31. The van der Waals surface area contributed by atoms with E-state index in [0.717, 1.165) is 11.4 Å². The van der Waals surface area contributed by atoms with Gasteiger partial charge in [0.05, 0.1) is 11.4 Å². The zero-order valence-electron chi connectivity index (χ0n) is 12.0. The van der Waals surface area contributed by atoms with Crippen LogP contribution in [-0.2, 0) is 20.4 Å². The van der Waals surface area contributed by atoms with Gasteiger partial charge in [-0.2, -0.15) is 0 Å². The van der Waals surface area contributed by atoms with Crippen LogP contribution in [0.15, 0.2) is 58.5 Å². The van der Waals surface area contributed by atoms with Gasteiger partial charge >= 0.3 is 0 Å². The van der Waals surface area contributed by atoms with Crippen molar-refractivity contribution < 1.29 is 20.4 Å². The van der Waals surface area contributed by atoms with Crippen molar-refractivity contribution in [2.75, 3.05) is 0 Å². The van der Waals surface area contributed by atoms with Gasteiger partial charge in [-0.1, -0.05) is 35.4 Å². The summed E-state index contributed by atoms with van der Waals surface area (Å²) in [7, 11) is 0. The Morgan fingerprint density at radius 3 is 1.25 bits per heavy atom. The fourth-order valence-electron chi connectivity index (χ4n) is 1.50. The summed E-state index contributed by atoms with van der Waals surface area (Å²) in [5.74, 6) is 0. The summed E-state index contributed by atoms with van der Waals surface area (Å²) >= 11 is 0. The van der Waals surface area contributed by atoms with Gasteiger partial charge in [-0.05, 0) is 38.1 Å². The number of benzene rings is 2. The van der Waals surface area contributed by atoms with Crippen LogP contribution < -0.4 is 0 Å². The van der Waals surface area contributed by atoms with Crippen LogP contribution in [0, 0.1) is 21.3 Å². The molecule has 2 rings (SSSR count). The quantitative estimate of drug-likeness (QED) is 0.426. The predicted octanol–water partition coefficient (Wildman–Crippen LogP) is 4.86. The Morgan fingerprint density at radius 2 is 0.950 bits per heavy atom. The fraction of sp³-hybridized carbons (Fsp3) is 0.118. The van der Waals surface area contributed by atoms with Crippen LogP contribution in [0.25, 0.3) is 0 Å². The van der Waals surface area contributed by atoms with Gasteiger partial charge in [0.15, 0.2) is 0 Å². The Labute approximate surface area is 135 Å². The Kier molecular flexibility index (Phi) is 8.63. The summed E-state index contributed by atoms with van der Waals surface area (Å²) in [6.45, 7) is 4.12. The van der Waals surface area contributed by atoms with Crippen molar-refractivity contribution in [1.82, 2.24) is 0 Å². The van der Waals surface area contributed by atoms with Crippen LogP contribution in [0.3, 0.4) is 0 Å². The molecule has 2 nitrogen and oxygen atoms in total. The first kappa shape index (κ1) is 18.4. The Bertz CT molecular complexity index is 501. The summed E-state index contributed by atoms with van der Waals surface area (Å²) in [6, 6.07) is 16.1. The summed E-state index contributed by atoms with van der Waals surface area (Å²) in [4.78, 5) is 8.61. The molecule has 0 fully saturated rings. The zero-order valence-corrected chi connectivity index (χ0v) is 13.5. The minimum absolute atomic E-state index is 0. The average molecular weight is 358 g/mol. The zero-order chi connectivity index (χ0) is 12.8. The first-order valence-electron chi connectivity index (χ1n) is 5.94. The molecule has 0 aliphatic carbocycles. The van der Waals surface area contributed by atoms with Crippen LogP contribution in [-0.4, -0.2) is 12.4 Å². The monoisotopic (exact) mass is 357 g/mol. The molecule has 0 N–H and O–H groups in total. The molecule has 2 aromatic carbocycles. The molecular weight excluding hydrogens is 339 g/mol. The molecule has 0 aliphatic rings. The van der Waals surface area contributed by atoms with Gasteiger partial charge in [0.25, 0.3) is 0 Å². The third-order valence-electron chi connectivity index (χ3n) is 2.58. The maximum Gasteiger partial charge on any atom is 0.0630 e. The number of hydrogen-bond acceptors (Lipinski definition) is 2. The topological polar surface area (TPSA) is 24.7 Å². The molecule has 0 saturated carbocycles. The molecule has 0 aromatic heterocycles.